The maximum Gasteiger partial charge on any atom is 0.292 e. The van der Waals surface area contributed by atoms with Crippen LogP contribution in [0.25, 0.3) is 0 Å². The van der Waals surface area contributed by atoms with E-state index in [1.165, 1.54) is 0 Å². The van der Waals surface area contributed by atoms with E-state index in [2.05, 4.69) is 20.8 Å². The lowest BCUT2D eigenvalue weighted by Crippen LogP contribution is -2.31. The van der Waals surface area contributed by atoms with E-state index in [1.807, 2.05) is 0 Å². The van der Waals surface area contributed by atoms with Crippen LogP contribution in [0.2, 0.25) is 0 Å². The first-order valence-corrected chi connectivity index (χ1v) is 5.70. The number of nitrogens with zero attached hydrogens (tertiary/aromatic N) is 2. The smallest absolute Gasteiger partial charge is 0.292 e. The van der Waals surface area contributed by atoms with Gasteiger partial charge in [-0.15, -0.1) is 0 Å². The first-order valence-electron chi connectivity index (χ1n) is 5.70. The third-order valence-corrected chi connectivity index (χ3v) is 2.56. The lowest BCUT2D eigenvalue weighted by molar-refractivity contribution is 0.0910. The zero-order chi connectivity index (χ0) is 12.3. The van der Waals surface area contributed by atoms with Gasteiger partial charge in [-0.25, -0.2) is 0 Å². The van der Waals surface area contributed by atoms with E-state index in [4.69, 9.17) is 9.63 Å². The van der Waals surface area contributed by atoms with Crippen molar-refractivity contribution in [1.82, 2.24) is 20.8 Å². The van der Waals surface area contributed by atoms with Gasteiger partial charge in [-0.2, -0.15) is 4.98 Å². The molecule has 2 unspecified atom stereocenters. The molecule has 17 heavy (non-hydrogen) atoms. The molecule has 3 N–H and O–H groups in total. The molecule has 1 aliphatic heterocycles. The van der Waals surface area contributed by atoms with Gasteiger partial charge in [-0.1, -0.05) is 5.16 Å². The van der Waals surface area contributed by atoms with Crippen LogP contribution in [0.4, 0.5) is 0 Å². The first kappa shape index (κ1) is 12.0. The van der Waals surface area contributed by atoms with Crippen LogP contribution in [0.3, 0.4) is 0 Å². The summed E-state index contributed by atoms with van der Waals surface area (Å²) >= 11 is 0. The molecule has 0 radical (unpaired) electrons. The minimum Gasteiger partial charge on any atom is -0.392 e. The highest BCUT2D eigenvalue weighted by Crippen LogP contribution is 2.20. The lowest BCUT2D eigenvalue weighted by Gasteiger charge is -2.03. The Labute approximate surface area is 98.6 Å². The maximum absolute atomic E-state index is 11.5. The van der Waals surface area contributed by atoms with Gasteiger partial charge in [0.15, 0.2) is 0 Å². The largest absolute Gasteiger partial charge is 0.392 e. The number of carbonyl (C=O) groups excluding carboxylic acids is 1. The Balaban J connectivity index is 1.95. The summed E-state index contributed by atoms with van der Waals surface area (Å²) in [5, 5.41) is 18.4. The Kier molecular flexibility index (Phi) is 3.70. The molecule has 0 aliphatic carbocycles. The van der Waals surface area contributed by atoms with Crippen molar-refractivity contribution >= 4 is 5.91 Å². The third kappa shape index (κ3) is 3.01. The van der Waals surface area contributed by atoms with Crippen molar-refractivity contribution in [2.45, 2.75) is 31.9 Å². The van der Waals surface area contributed by atoms with Crippen LogP contribution in [0.5, 0.6) is 0 Å². The molecule has 1 saturated heterocycles. The van der Waals surface area contributed by atoms with Crippen LogP contribution in [-0.2, 0) is 0 Å². The highest BCUT2D eigenvalue weighted by molar-refractivity contribution is 5.90. The number of rotatable bonds is 4. The van der Waals surface area contributed by atoms with Crippen molar-refractivity contribution in [2.24, 2.45) is 0 Å². The van der Waals surface area contributed by atoms with Crippen molar-refractivity contribution in [2.75, 3.05) is 13.1 Å². The monoisotopic (exact) mass is 240 g/mol. The summed E-state index contributed by atoms with van der Waals surface area (Å²) in [6.45, 7) is 2.69. The van der Waals surface area contributed by atoms with E-state index < -0.39 is 12.0 Å². The standard InChI is InChI=1S/C10H16N4O3/c1-6(15)5-12-9(16)8-13-10(17-14-8)7-3-2-4-11-7/h6-7,11,15H,2-5H2,1H3,(H,12,16). The van der Waals surface area contributed by atoms with Gasteiger partial charge in [-0.05, 0) is 26.3 Å². The molecule has 2 heterocycles. The van der Waals surface area contributed by atoms with Gasteiger partial charge in [0.25, 0.3) is 11.7 Å². The van der Waals surface area contributed by atoms with E-state index in [-0.39, 0.29) is 18.4 Å². The Morgan fingerprint density at radius 3 is 3.24 bits per heavy atom. The molecule has 1 fully saturated rings. The molecule has 1 amide bonds. The maximum atomic E-state index is 11.5. The predicted octanol–water partition coefficient (Wildman–Crippen LogP) is -0.395. The normalized spacial score (nSPS) is 21.4. The van der Waals surface area contributed by atoms with Crippen molar-refractivity contribution in [3.63, 3.8) is 0 Å². The number of hydrogen-bond donors (Lipinski definition) is 3. The molecule has 1 aromatic rings. The van der Waals surface area contributed by atoms with Crippen LogP contribution >= 0.6 is 0 Å². The molecule has 2 atom stereocenters. The van der Waals surface area contributed by atoms with Crippen LogP contribution in [0.1, 0.15) is 42.3 Å². The molecular formula is C10H16N4O3. The van der Waals surface area contributed by atoms with Crippen molar-refractivity contribution in [1.29, 1.82) is 0 Å². The SMILES string of the molecule is CC(O)CNC(=O)c1noc(C2CCCN2)n1. The van der Waals surface area contributed by atoms with Gasteiger partial charge in [0, 0.05) is 6.54 Å². The van der Waals surface area contributed by atoms with Crippen molar-refractivity contribution < 1.29 is 14.4 Å². The summed E-state index contributed by atoms with van der Waals surface area (Å²) in [6.07, 6.45) is 1.41. The van der Waals surface area contributed by atoms with Gasteiger partial charge in [-0.3, -0.25) is 4.79 Å². The highest BCUT2D eigenvalue weighted by Gasteiger charge is 2.24. The Bertz CT molecular complexity index is 385. The fraction of sp³-hybridized carbons (Fsp3) is 0.700. The van der Waals surface area contributed by atoms with Gasteiger partial charge in [0.05, 0.1) is 12.1 Å². The Morgan fingerprint density at radius 2 is 2.59 bits per heavy atom. The minimum atomic E-state index is -0.596. The molecule has 0 bridgehead atoms. The molecule has 0 aromatic carbocycles. The second kappa shape index (κ2) is 5.24. The molecule has 7 nitrogen and oxygen atoms in total. The van der Waals surface area contributed by atoms with Crippen LogP contribution in [0, 0.1) is 0 Å². The molecular weight excluding hydrogens is 224 g/mol. The van der Waals surface area contributed by atoms with Gasteiger partial charge >= 0.3 is 0 Å². The summed E-state index contributed by atoms with van der Waals surface area (Å²) < 4.78 is 5.03. The summed E-state index contributed by atoms with van der Waals surface area (Å²) in [5.41, 5.74) is 0. The second-order valence-electron chi connectivity index (χ2n) is 4.16. The molecule has 1 aliphatic rings. The quantitative estimate of drug-likeness (QED) is 0.662. The lowest BCUT2D eigenvalue weighted by atomic mass is 10.2. The summed E-state index contributed by atoms with van der Waals surface area (Å²) in [7, 11) is 0. The third-order valence-electron chi connectivity index (χ3n) is 2.56. The van der Waals surface area contributed by atoms with Crippen molar-refractivity contribution in [3.8, 4) is 0 Å². The number of nitrogens with one attached hydrogen (secondary N) is 2. The van der Waals surface area contributed by atoms with Gasteiger partial charge in [0.2, 0.25) is 5.89 Å². The fourth-order valence-electron chi connectivity index (χ4n) is 1.68. The Morgan fingerprint density at radius 1 is 1.76 bits per heavy atom. The number of aliphatic hydroxyl groups excluding tert-OH is 1. The Hall–Kier alpha value is -1.47. The summed E-state index contributed by atoms with van der Waals surface area (Å²) in [6, 6.07) is 0.0563. The second-order valence-corrected chi connectivity index (χ2v) is 4.16. The average Bonchev–Trinajstić information content (AvgIpc) is 2.94. The van der Waals surface area contributed by atoms with Gasteiger partial charge in [0.1, 0.15) is 0 Å². The van der Waals surface area contributed by atoms with Gasteiger partial charge < -0.3 is 20.3 Å². The summed E-state index contributed by atoms with van der Waals surface area (Å²) in [4.78, 5) is 15.6. The zero-order valence-corrected chi connectivity index (χ0v) is 9.64. The van der Waals surface area contributed by atoms with E-state index >= 15 is 0 Å². The predicted molar refractivity (Wildman–Crippen MR) is 58.3 cm³/mol. The first-order chi connectivity index (χ1) is 8.16. The van der Waals surface area contributed by atoms with Crippen LogP contribution in [0.15, 0.2) is 4.52 Å². The fourth-order valence-corrected chi connectivity index (χ4v) is 1.68. The number of amides is 1. The van der Waals surface area contributed by atoms with Crippen LogP contribution in [-0.4, -0.2) is 40.3 Å². The number of hydrogen-bond acceptors (Lipinski definition) is 6. The molecule has 0 saturated carbocycles. The number of carbonyl (C=O) groups is 1. The number of aromatic nitrogens is 2. The summed E-state index contributed by atoms with van der Waals surface area (Å²) in [5.74, 6) is 0.0259. The topological polar surface area (TPSA) is 100 Å². The average molecular weight is 240 g/mol. The molecule has 0 spiro atoms. The molecule has 2 rings (SSSR count). The molecule has 7 heteroatoms. The van der Waals surface area contributed by atoms with E-state index in [0.29, 0.717) is 5.89 Å². The van der Waals surface area contributed by atoms with E-state index in [1.54, 1.807) is 6.92 Å². The highest BCUT2D eigenvalue weighted by atomic mass is 16.5. The zero-order valence-electron chi connectivity index (χ0n) is 9.64. The van der Waals surface area contributed by atoms with Crippen molar-refractivity contribution in [3.05, 3.63) is 11.7 Å². The minimum absolute atomic E-state index is 0.00866. The molecule has 94 valence electrons. The van der Waals surface area contributed by atoms with Crippen LogP contribution < -0.4 is 10.6 Å². The van der Waals surface area contributed by atoms with E-state index in [9.17, 15) is 4.79 Å². The number of aliphatic hydroxyl groups is 1. The van der Waals surface area contributed by atoms with E-state index in [0.717, 1.165) is 19.4 Å². The molecule has 1 aromatic heterocycles.